The maximum absolute atomic E-state index is 13.2. The van der Waals surface area contributed by atoms with Crippen molar-refractivity contribution in [3.63, 3.8) is 0 Å². The van der Waals surface area contributed by atoms with Gasteiger partial charge in [0.15, 0.2) is 11.5 Å². The van der Waals surface area contributed by atoms with Crippen LogP contribution in [0.5, 0.6) is 5.88 Å². The molecule has 2 N–H and O–H groups in total. The summed E-state index contributed by atoms with van der Waals surface area (Å²) >= 11 is 0. The Bertz CT molecular complexity index is 1600. The molecule has 9 heteroatoms. The van der Waals surface area contributed by atoms with Gasteiger partial charge in [0.2, 0.25) is 11.8 Å². The van der Waals surface area contributed by atoms with Crippen molar-refractivity contribution in [1.82, 2.24) is 29.6 Å². The fourth-order valence-electron chi connectivity index (χ4n) is 4.78. The van der Waals surface area contributed by atoms with Gasteiger partial charge in [-0.25, -0.2) is 14.3 Å². The highest BCUT2D eigenvalue weighted by atomic mass is 16.5. The van der Waals surface area contributed by atoms with E-state index in [0.717, 1.165) is 42.7 Å². The Morgan fingerprint density at radius 2 is 1.71 bits per heavy atom. The first-order valence-electron chi connectivity index (χ1n) is 13.0. The van der Waals surface area contributed by atoms with Gasteiger partial charge in [0.05, 0.1) is 0 Å². The van der Waals surface area contributed by atoms with E-state index in [1.165, 1.54) is 0 Å². The molecule has 5 aromatic rings. The fraction of sp³-hybridized carbons (Fsp3) is 0.241. The number of aromatic nitrogens is 5. The number of benzene rings is 2. The predicted molar refractivity (Wildman–Crippen MR) is 148 cm³/mol. The molecule has 6 rings (SSSR count). The summed E-state index contributed by atoms with van der Waals surface area (Å²) in [6.07, 6.45) is 3.57. The number of hydrogen-bond donors (Lipinski definition) is 2. The number of pyridine rings is 1. The molecule has 0 aliphatic carbocycles. The number of nitrogens with one attached hydrogen (secondary N) is 2. The number of rotatable bonds is 7. The van der Waals surface area contributed by atoms with E-state index < -0.39 is 0 Å². The van der Waals surface area contributed by atoms with Gasteiger partial charge in [0.1, 0.15) is 11.5 Å². The molecule has 0 bridgehead atoms. The zero-order chi connectivity index (χ0) is 25.9. The van der Waals surface area contributed by atoms with Gasteiger partial charge in [-0.15, -0.1) is 0 Å². The second kappa shape index (κ2) is 10.5. The van der Waals surface area contributed by atoms with Crippen molar-refractivity contribution in [2.24, 2.45) is 0 Å². The number of piperidine rings is 1. The van der Waals surface area contributed by atoms with E-state index in [1.54, 1.807) is 15.6 Å². The van der Waals surface area contributed by atoms with Crippen molar-refractivity contribution >= 4 is 22.7 Å². The molecule has 2 aromatic carbocycles. The van der Waals surface area contributed by atoms with Gasteiger partial charge < -0.3 is 15.4 Å². The van der Waals surface area contributed by atoms with Gasteiger partial charge in [0.25, 0.3) is 5.56 Å². The lowest BCUT2D eigenvalue weighted by Gasteiger charge is -2.23. The minimum Gasteiger partial charge on any atom is -0.474 e. The minimum absolute atomic E-state index is 0.125. The van der Waals surface area contributed by atoms with E-state index in [-0.39, 0.29) is 11.7 Å². The zero-order valence-corrected chi connectivity index (χ0v) is 21.2. The molecule has 1 fully saturated rings. The predicted octanol–water partition coefficient (Wildman–Crippen LogP) is 4.54. The number of hydrogen-bond acceptors (Lipinski definition) is 7. The quantitative estimate of drug-likeness (QED) is 0.334. The average Bonchev–Trinajstić information content (AvgIpc) is 3.25. The maximum atomic E-state index is 13.2. The van der Waals surface area contributed by atoms with Crippen molar-refractivity contribution in [3.05, 3.63) is 89.3 Å². The number of ether oxygens (including phenoxy) is 1. The molecule has 1 aliphatic heterocycles. The van der Waals surface area contributed by atoms with Crippen LogP contribution in [0.15, 0.2) is 83.8 Å². The molecule has 38 heavy (non-hydrogen) atoms. The molecule has 0 radical (unpaired) electrons. The van der Waals surface area contributed by atoms with Gasteiger partial charge in [-0.1, -0.05) is 48.5 Å². The van der Waals surface area contributed by atoms with Crippen molar-refractivity contribution in [3.8, 4) is 22.8 Å². The Hall–Kier alpha value is -4.50. The standard InChI is InChI=1S/C29H29N7O2/c1-2-35-28(37)24-19-31-29(32-22-13-11-21(12-14-22)20-7-4-3-5-8-20)34-27(24)36(35)25-9-6-10-26(33-25)38-23-15-17-30-18-16-23/h3-14,19,23,30H,2,15-18H2,1H3,(H,31,32,34). The summed E-state index contributed by atoms with van der Waals surface area (Å²) in [6.45, 7) is 4.25. The Balaban J connectivity index is 1.32. The highest BCUT2D eigenvalue weighted by molar-refractivity contribution is 5.77. The average molecular weight is 508 g/mol. The van der Waals surface area contributed by atoms with Crippen LogP contribution in [0.1, 0.15) is 19.8 Å². The van der Waals surface area contributed by atoms with Gasteiger partial charge in [-0.05, 0) is 62.2 Å². The molecule has 0 atom stereocenters. The third-order valence-corrected chi connectivity index (χ3v) is 6.72. The molecule has 1 aliphatic rings. The van der Waals surface area contributed by atoms with Crippen LogP contribution in [0.2, 0.25) is 0 Å². The van der Waals surface area contributed by atoms with E-state index in [9.17, 15) is 4.79 Å². The SMILES string of the molecule is CCn1c(=O)c2cnc(Nc3ccc(-c4ccccc4)cc3)nc2n1-c1cccc(OC2CCNCC2)n1. The third-order valence-electron chi connectivity index (χ3n) is 6.72. The van der Waals surface area contributed by atoms with Crippen LogP contribution in [-0.4, -0.2) is 43.5 Å². The molecule has 1 saturated heterocycles. The summed E-state index contributed by atoms with van der Waals surface area (Å²) in [5.74, 6) is 1.51. The van der Waals surface area contributed by atoms with Crippen LogP contribution in [0.4, 0.5) is 11.6 Å². The zero-order valence-electron chi connectivity index (χ0n) is 21.2. The van der Waals surface area contributed by atoms with Crippen LogP contribution >= 0.6 is 0 Å². The summed E-state index contributed by atoms with van der Waals surface area (Å²) < 4.78 is 9.52. The van der Waals surface area contributed by atoms with Crippen LogP contribution in [-0.2, 0) is 6.54 Å². The van der Waals surface area contributed by atoms with Crippen molar-refractivity contribution in [1.29, 1.82) is 0 Å². The summed E-state index contributed by atoms with van der Waals surface area (Å²) in [5, 5.41) is 7.05. The van der Waals surface area contributed by atoms with Crippen LogP contribution in [0.25, 0.3) is 28.0 Å². The first kappa shape index (κ1) is 23.9. The van der Waals surface area contributed by atoms with Crippen molar-refractivity contribution < 1.29 is 4.74 Å². The third kappa shape index (κ3) is 4.76. The minimum atomic E-state index is -0.159. The lowest BCUT2D eigenvalue weighted by molar-refractivity contribution is 0.156. The molecule has 4 heterocycles. The van der Waals surface area contributed by atoms with Gasteiger partial charge >= 0.3 is 0 Å². The fourth-order valence-corrected chi connectivity index (χ4v) is 4.78. The van der Waals surface area contributed by atoms with Gasteiger partial charge in [-0.3, -0.25) is 4.79 Å². The second-order valence-electron chi connectivity index (χ2n) is 9.23. The number of fused-ring (bicyclic) bond motifs is 1. The topological polar surface area (TPSA) is 98.9 Å². The van der Waals surface area contributed by atoms with Crippen molar-refractivity contribution in [2.75, 3.05) is 18.4 Å². The van der Waals surface area contributed by atoms with E-state index in [2.05, 4.69) is 39.9 Å². The van der Waals surface area contributed by atoms with E-state index in [0.29, 0.717) is 35.2 Å². The smallest absolute Gasteiger partial charge is 0.278 e. The highest BCUT2D eigenvalue weighted by Gasteiger charge is 2.19. The van der Waals surface area contributed by atoms with Gasteiger partial charge in [-0.2, -0.15) is 9.97 Å². The molecule has 192 valence electrons. The number of nitrogens with zero attached hydrogens (tertiary/aromatic N) is 5. The molecule has 0 spiro atoms. The molecular weight excluding hydrogens is 478 g/mol. The summed E-state index contributed by atoms with van der Waals surface area (Å²) in [7, 11) is 0. The normalized spacial score (nSPS) is 14.0. The van der Waals surface area contributed by atoms with Crippen LogP contribution < -0.4 is 20.9 Å². The molecule has 0 saturated carbocycles. The first-order valence-corrected chi connectivity index (χ1v) is 13.0. The Morgan fingerprint density at radius 3 is 2.47 bits per heavy atom. The van der Waals surface area contributed by atoms with E-state index in [4.69, 9.17) is 14.7 Å². The summed E-state index contributed by atoms with van der Waals surface area (Å²) in [5.41, 5.74) is 3.46. The molecule has 9 nitrogen and oxygen atoms in total. The number of anilines is 2. The van der Waals surface area contributed by atoms with Crippen molar-refractivity contribution in [2.45, 2.75) is 32.4 Å². The Labute approximate surface area is 220 Å². The van der Waals surface area contributed by atoms with E-state index >= 15 is 0 Å². The summed E-state index contributed by atoms with van der Waals surface area (Å²) in [4.78, 5) is 27.1. The maximum Gasteiger partial charge on any atom is 0.278 e. The van der Waals surface area contributed by atoms with E-state index in [1.807, 2.05) is 55.5 Å². The second-order valence-corrected chi connectivity index (χ2v) is 9.23. The van der Waals surface area contributed by atoms with Crippen LogP contribution in [0, 0.1) is 0 Å². The molecular formula is C29H29N7O2. The van der Waals surface area contributed by atoms with Crippen LogP contribution in [0.3, 0.4) is 0 Å². The molecule has 0 unspecified atom stereocenters. The highest BCUT2D eigenvalue weighted by Crippen LogP contribution is 2.24. The molecule has 0 amide bonds. The monoisotopic (exact) mass is 507 g/mol. The Morgan fingerprint density at radius 1 is 0.947 bits per heavy atom. The summed E-state index contributed by atoms with van der Waals surface area (Å²) in [6, 6.07) is 23.9. The van der Waals surface area contributed by atoms with Gasteiger partial charge in [0, 0.05) is 24.5 Å². The molecule has 3 aromatic heterocycles. The lowest BCUT2D eigenvalue weighted by Crippen LogP contribution is -2.34. The Kier molecular flexibility index (Phi) is 6.58. The first-order chi connectivity index (χ1) is 18.7. The largest absolute Gasteiger partial charge is 0.474 e. The lowest BCUT2D eigenvalue weighted by atomic mass is 10.1.